The fourth-order valence-electron chi connectivity index (χ4n) is 1.85. The van der Waals surface area contributed by atoms with Crippen LogP contribution in [0.4, 0.5) is 5.82 Å². The average Bonchev–Trinajstić information content (AvgIpc) is 2.37. The molecule has 0 bridgehead atoms. The molecule has 1 aromatic heterocycles. The van der Waals surface area contributed by atoms with Gasteiger partial charge in [0.1, 0.15) is 11.6 Å². The Morgan fingerprint density at radius 2 is 2.24 bits per heavy atom. The maximum Gasteiger partial charge on any atom is 0.140 e. The lowest BCUT2D eigenvalue weighted by molar-refractivity contribution is 0.109. The molecule has 0 amide bonds. The second-order valence-electron chi connectivity index (χ2n) is 3.88. The van der Waals surface area contributed by atoms with Crippen molar-refractivity contribution in [3.05, 3.63) is 17.1 Å². The number of fused-ring (bicyclic) bond motifs is 1. The summed E-state index contributed by atoms with van der Waals surface area (Å²) in [6, 6.07) is 0. The standard InChI is InChI=1S/C12H19N3OS/c1-3-13-12-9-7-16-6-5-10(9)14-11(15-12)8-17-4-2/h3-8H2,1-2H3,(H,13,14,15). The van der Waals surface area contributed by atoms with Crippen LogP contribution in [0.15, 0.2) is 0 Å². The third-order valence-corrected chi connectivity index (χ3v) is 3.52. The molecule has 2 heterocycles. The van der Waals surface area contributed by atoms with Gasteiger partial charge in [0, 0.05) is 18.5 Å². The van der Waals surface area contributed by atoms with E-state index in [1.165, 1.54) is 0 Å². The number of thioether (sulfide) groups is 1. The van der Waals surface area contributed by atoms with Gasteiger partial charge in [-0.25, -0.2) is 9.97 Å². The summed E-state index contributed by atoms with van der Waals surface area (Å²) in [6.07, 6.45) is 0.903. The molecule has 1 aliphatic rings. The van der Waals surface area contributed by atoms with Crippen molar-refractivity contribution in [2.45, 2.75) is 32.6 Å². The van der Waals surface area contributed by atoms with E-state index in [-0.39, 0.29) is 0 Å². The quantitative estimate of drug-likeness (QED) is 0.872. The summed E-state index contributed by atoms with van der Waals surface area (Å²) >= 11 is 1.85. The fourth-order valence-corrected chi connectivity index (χ4v) is 2.37. The molecule has 0 saturated carbocycles. The van der Waals surface area contributed by atoms with Crippen LogP contribution in [0.25, 0.3) is 0 Å². The van der Waals surface area contributed by atoms with Crippen LogP contribution in [-0.2, 0) is 23.5 Å². The second-order valence-corrected chi connectivity index (χ2v) is 5.16. The molecule has 1 aliphatic heterocycles. The van der Waals surface area contributed by atoms with Gasteiger partial charge in [-0.15, -0.1) is 0 Å². The van der Waals surface area contributed by atoms with Gasteiger partial charge in [-0.1, -0.05) is 6.92 Å². The Morgan fingerprint density at radius 1 is 1.35 bits per heavy atom. The van der Waals surface area contributed by atoms with E-state index in [4.69, 9.17) is 4.74 Å². The van der Waals surface area contributed by atoms with Crippen LogP contribution in [0, 0.1) is 0 Å². The number of rotatable bonds is 5. The molecular formula is C12H19N3OS. The van der Waals surface area contributed by atoms with Crippen molar-refractivity contribution in [1.29, 1.82) is 0 Å². The van der Waals surface area contributed by atoms with Gasteiger partial charge in [0.05, 0.1) is 24.7 Å². The summed E-state index contributed by atoms with van der Waals surface area (Å²) < 4.78 is 5.48. The smallest absolute Gasteiger partial charge is 0.140 e. The van der Waals surface area contributed by atoms with Crippen LogP contribution in [-0.4, -0.2) is 28.9 Å². The summed E-state index contributed by atoms with van der Waals surface area (Å²) in [4.78, 5) is 9.23. The molecule has 0 fully saturated rings. The third-order valence-electron chi connectivity index (χ3n) is 2.65. The van der Waals surface area contributed by atoms with Crippen LogP contribution in [0.5, 0.6) is 0 Å². The van der Waals surface area contributed by atoms with E-state index in [0.717, 1.165) is 54.0 Å². The maximum atomic E-state index is 5.48. The van der Waals surface area contributed by atoms with Crippen molar-refractivity contribution in [2.75, 3.05) is 24.2 Å². The van der Waals surface area contributed by atoms with E-state index in [2.05, 4.69) is 29.1 Å². The number of anilines is 1. The predicted octanol–water partition coefficient (Wildman–Crippen LogP) is 2.23. The molecule has 0 unspecified atom stereocenters. The van der Waals surface area contributed by atoms with Crippen molar-refractivity contribution >= 4 is 17.6 Å². The van der Waals surface area contributed by atoms with Crippen molar-refractivity contribution in [2.24, 2.45) is 0 Å². The van der Waals surface area contributed by atoms with Gasteiger partial charge in [0.15, 0.2) is 0 Å². The Labute approximate surface area is 107 Å². The molecule has 0 atom stereocenters. The summed E-state index contributed by atoms with van der Waals surface area (Å²) in [5, 5.41) is 3.31. The molecule has 0 aliphatic carbocycles. The van der Waals surface area contributed by atoms with Gasteiger partial charge < -0.3 is 10.1 Å². The summed E-state index contributed by atoms with van der Waals surface area (Å²) in [5.74, 6) is 3.89. The first kappa shape index (κ1) is 12.6. The van der Waals surface area contributed by atoms with Crippen LogP contribution in [0.3, 0.4) is 0 Å². The first-order chi connectivity index (χ1) is 8.35. The molecule has 1 N–H and O–H groups in total. The van der Waals surface area contributed by atoms with E-state index >= 15 is 0 Å². The molecule has 1 aromatic rings. The van der Waals surface area contributed by atoms with E-state index in [1.54, 1.807) is 0 Å². The predicted molar refractivity (Wildman–Crippen MR) is 71.4 cm³/mol. The topological polar surface area (TPSA) is 47.0 Å². The van der Waals surface area contributed by atoms with E-state index < -0.39 is 0 Å². The highest BCUT2D eigenvalue weighted by Gasteiger charge is 2.17. The lowest BCUT2D eigenvalue weighted by Crippen LogP contribution is -2.17. The molecule has 2 rings (SSSR count). The molecule has 17 heavy (non-hydrogen) atoms. The number of ether oxygens (including phenoxy) is 1. The zero-order valence-corrected chi connectivity index (χ0v) is 11.3. The Bertz CT molecular complexity index is 384. The van der Waals surface area contributed by atoms with Crippen LogP contribution in [0.2, 0.25) is 0 Å². The van der Waals surface area contributed by atoms with Crippen LogP contribution in [0.1, 0.15) is 30.9 Å². The molecule has 94 valence electrons. The summed E-state index contributed by atoms with van der Waals surface area (Å²) in [6.45, 7) is 6.53. The minimum absolute atomic E-state index is 0.638. The monoisotopic (exact) mass is 253 g/mol. The molecule has 0 saturated heterocycles. The highest BCUT2D eigenvalue weighted by atomic mass is 32.2. The van der Waals surface area contributed by atoms with Crippen LogP contribution < -0.4 is 5.32 Å². The Hall–Kier alpha value is -0.810. The van der Waals surface area contributed by atoms with Gasteiger partial charge in [-0.2, -0.15) is 11.8 Å². The van der Waals surface area contributed by atoms with E-state index in [1.807, 2.05) is 11.8 Å². The Kier molecular flexibility index (Phi) is 4.62. The molecule has 0 radical (unpaired) electrons. The fraction of sp³-hybridized carbons (Fsp3) is 0.667. The molecule has 4 nitrogen and oxygen atoms in total. The molecule has 0 aromatic carbocycles. The Balaban J connectivity index is 2.27. The highest BCUT2D eigenvalue weighted by molar-refractivity contribution is 7.98. The largest absolute Gasteiger partial charge is 0.376 e. The normalized spacial score (nSPS) is 14.5. The molecule has 5 heteroatoms. The van der Waals surface area contributed by atoms with Crippen molar-refractivity contribution in [1.82, 2.24) is 9.97 Å². The van der Waals surface area contributed by atoms with Crippen molar-refractivity contribution < 1.29 is 4.74 Å². The van der Waals surface area contributed by atoms with Crippen LogP contribution >= 0.6 is 11.8 Å². The number of aromatic nitrogens is 2. The second kappa shape index (κ2) is 6.21. The minimum Gasteiger partial charge on any atom is -0.376 e. The lowest BCUT2D eigenvalue weighted by Gasteiger charge is -2.19. The van der Waals surface area contributed by atoms with Gasteiger partial charge in [-0.05, 0) is 12.7 Å². The van der Waals surface area contributed by atoms with Gasteiger partial charge in [0.2, 0.25) is 0 Å². The summed E-state index contributed by atoms with van der Waals surface area (Å²) in [5.41, 5.74) is 2.30. The van der Waals surface area contributed by atoms with Crippen molar-refractivity contribution in [3.8, 4) is 0 Å². The summed E-state index contributed by atoms with van der Waals surface area (Å²) in [7, 11) is 0. The lowest BCUT2D eigenvalue weighted by atomic mass is 10.1. The van der Waals surface area contributed by atoms with Gasteiger partial charge in [-0.3, -0.25) is 0 Å². The first-order valence-corrected chi connectivity index (χ1v) is 7.28. The number of nitrogens with one attached hydrogen (secondary N) is 1. The first-order valence-electron chi connectivity index (χ1n) is 6.13. The molecular weight excluding hydrogens is 234 g/mol. The van der Waals surface area contributed by atoms with E-state index in [9.17, 15) is 0 Å². The number of hydrogen-bond donors (Lipinski definition) is 1. The van der Waals surface area contributed by atoms with E-state index in [0.29, 0.717) is 6.61 Å². The van der Waals surface area contributed by atoms with Gasteiger partial charge >= 0.3 is 0 Å². The SMILES string of the molecule is CCNc1nc(CSCC)nc2c1COCC2. The average molecular weight is 253 g/mol. The third kappa shape index (κ3) is 3.10. The Morgan fingerprint density at radius 3 is 3.00 bits per heavy atom. The number of hydrogen-bond acceptors (Lipinski definition) is 5. The molecule has 0 spiro atoms. The number of nitrogens with zero attached hydrogens (tertiary/aromatic N) is 2. The van der Waals surface area contributed by atoms with Gasteiger partial charge in [0.25, 0.3) is 0 Å². The zero-order chi connectivity index (χ0) is 12.1. The highest BCUT2D eigenvalue weighted by Crippen LogP contribution is 2.23. The zero-order valence-electron chi connectivity index (χ0n) is 10.5. The van der Waals surface area contributed by atoms with Crippen molar-refractivity contribution in [3.63, 3.8) is 0 Å². The maximum absolute atomic E-state index is 5.48. The minimum atomic E-state index is 0.638.